The third-order valence-corrected chi connectivity index (χ3v) is 12.4. The lowest BCUT2D eigenvalue weighted by Crippen LogP contribution is -2.70. The molecule has 2 heterocycles. The third-order valence-electron chi connectivity index (χ3n) is 12.4. The van der Waals surface area contributed by atoms with Crippen molar-refractivity contribution >= 4 is 17.5 Å². The monoisotopic (exact) mass is 892 g/mol. The van der Waals surface area contributed by atoms with E-state index in [4.69, 9.17) is 28.9 Å². The molecule has 2 N–H and O–H groups in total. The molecule has 3 aliphatic rings. The van der Waals surface area contributed by atoms with E-state index in [0.29, 0.717) is 35.6 Å². The van der Waals surface area contributed by atoms with E-state index in [9.17, 15) is 29.5 Å². The number of nitrogens with zero attached hydrogens (tertiary/aromatic N) is 4. The Kier molecular flexibility index (Phi) is 15.6. The van der Waals surface area contributed by atoms with Gasteiger partial charge in [0.15, 0.2) is 0 Å². The first-order valence-corrected chi connectivity index (χ1v) is 22.3. The molecule has 1 amide bonds. The molecule has 6 atom stereocenters. The second-order valence-corrected chi connectivity index (χ2v) is 16.6. The van der Waals surface area contributed by atoms with Gasteiger partial charge in [-0.1, -0.05) is 48.3 Å². The minimum atomic E-state index is -1.61. The fraction of sp³-hybridized carbons (Fsp3) is 0.420. The molecule has 0 saturated heterocycles. The van der Waals surface area contributed by atoms with Crippen molar-refractivity contribution in [2.45, 2.75) is 89.7 Å². The summed E-state index contributed by atoms with van der Waals surface area (Å²) >= 11 is 0. The summed E-state index contributed by atoms with van der Waals surface area (Å²) in [5, 5.41) is 36.1. The zero-order chi connectivity index (χ0) is 45.9. The lowest BCUT2D eigenvalue weighted by Gasteiger charge is -2.59. The molecule has 0 radical (unpaired) electrons. The number of oxime groups is 1. The number of hydrogen-bond donors (Lipinski definition) is 2. The SMILES string of the molecule is C=CCO[C@@]12Oc3ccc(OCc4cccc(C)n4)cc3[C@H]3[C@H](CCCCO)[C@@H](CCCCO)C=C(C(=NOCC)C[C@@H]1N(Cc1ccc(F)cc1)C(=O)Oc1ccc([N+](=O)[O-])cc1)[C@H]32. The first kappa shape index (κ1) is 46.8. The van der Waals surface area contributed by atoms with Gasteiger partial charge < -0.3 is 34.0 Å². The number of halogens is 1. The normalized spacial score (nSPS) is 22.4. The standard InChI is InChI=1S/C50H57FN4O10/c1-4-27-62-50-46(54(31-34-15-17-36(51)18-16-34)49(58)64-39-21-19-38(20-22-39)55(59)60)30-44(53-63-5-2)42-28-35(12-6-8-25-56)41(14-7-9-26-57)47(48(42)50)43-29-40(23-24-45(43)65-50)61-32-37-13-10-11-33(3)52-37/h4,10-11,13,15-24,28-29,35,41,46-48,56-57H,1,5-9,12,14,25-27,30-32H2,2-3H3/t35-,41+,46-,47+,48+,50+/m0/s1. The van der Waals surface area contributed by atoms with Gasteiger partial charge in [-0.05, 0) is 117 Å². The molecule has 15 heteroatoms. The molecule has 0 spiro atoms. The molecular weight excluding hydrogens is 836 g/mol. The minimum absolute atomic E-state index is 0.00594. The topological polar surface area (TPSA) is 175 Å². The zero-order valence-corrected chi connectivity index (χ0v) is 36.9. The van der Waals surface area contributed by atoms with E-state index in [1.807, 2.05) is 50.2 Å². The van der Waals surface area contributed by atoms with Gasteiger partial charge >= 0.3 is 6.09 Å². The maximum Gasteiger partial charge on any atom is 0.416 e. The van der Waals surface area contributed by atoms with Gasteiger partial charge in [0, 0.05) is 55.5 Å². The van der Waals surface area contributed by atoms with Crippen molar-refractivity contribution in [3.8, 4) is 17.2 Å². The molecule has 4 aromatic rings. The molecule has 65 heavy (non-hydrogen) atoms. The van der Waals surface area contributed by atoms with Crippen LogP contribution in [0.15, 0.2) is 114 Å². The number of aliphatic hydroxyl groups excluding tert-OH is 2. The second kappa shape index (κ2) is 21.7. The number of carbonyl (C=O) groups excluding carboxylic acids is 1. The van der Waals surface area contributed by atoms with Crippen molar-refractivity contribution in [2.24, 2.45) is 22.9 Å². The molecular formula is C50H57FN4O10. The highest BCUT2D eigenvalue weighted by atomic mass is 19.1. The fourth-order valence-corrected chi connectivity index (χ4v) is 9.60. The van der Waals surface area contributed by atoms with Gasteiger partial charge in [0.2, 0.25) is 5.79 Å². The highest BCUT2D eigenvalue weighted by Gasteiger charge is 2.65. The summed E-state index contributed by atoms with van der Waals surface area (Å²) in [6.45, 7) is 8.33. The number of aromatic nitrogens is 1. The largest absolute Gasteiger partial charge is 0.487 e. The molecule has 1 saturated carbocycles. The Balaban J connectivity index is 1.43. The lowest BCUT2D eigenvalue weighted by molar-refractivity contribution is -0.384. The van der Waals surface area contributed by atoms with Gasteiger partial charge in [-0.25, -0.2) is 9.18 Å². The Morgan fingerprint density at radius 2 is 1.77 bits per heavy atom. The number of hydrogen-bond acceptors (Lipinski definition) is 12. The Hall–Kier alpha value is -6.16. The highest BCUT2D eigenvalue weighted by Crippen LogP contribution is 2.62. The van der Waals surface area contributed by atoms with Crippen molar-refractivity contribution < 1.29 is 48.1 Å². The Labute approximate surface area is 378 Å². The van der Waals surface area contributed by atoms with Crippen LogP contribution >= 0.6 is 0 Å². The molecule has 1 fully saturated rings. The van der Waals surface area contributed by atoms with Gasteiger partial charge in [-0.15, -0.1) is 6.58 Å². The van der Waals surface area contributed by atoms with Crippen LogP contribution in [0.2, 0.25) is 0 Å². The predicted octanol–water partition coefficient (Wildman–Crippen LogP) is 9.37. The highest BCUT2D eigenvalue weighted by molar-refractivity contribution is 6.03. The Morgan fingerprint density at radius 3 is 2.46 bits per heavy atom. The van der Waals surface area contributed by atoms with Crippen LogP contribution in [0.25, 0.3) is 0 Å². The number of aryl methyl sites for hydroxylation is 1. The fourth-order valence-electron chi connectivity index (χ4n) is 9.60. The van der Waals surface area contributed by atoms with Crippen molar-refractivity contribution in [1.82, 2.24) is 9.88 Å². The molecule has 1 aliphatic heterocycles. The van der Waals surface area contributed by atoms with Gasteiger partial charge in [-0.3, -0.25) is 20.0 Å². The summed E-state index contributed by atoms with van der Waals surface area (Å²) in [6, 6.07) is 21.6. The maximum atomic E-state index is 14.9. The van der Waals surface area contributed by atoms with E-state index < -0.39 is 34.6 Å². The van der Waals surface area contributed by atoms with Crippen LogP contribution in [-0.2, 0) is 22.7 Å². The van der Waals surface area contributed by atoms with Crippen molar-refractivity contribution in [3.63, 3.8) is 0 Å². The molecule has 2 aliphatic carbocycles. The van der Waals surface area contributed by atoms with Crippen LogP contribution in [0, 0.1) is 40.6 Å². The number of nitro groups is 1. The first-order chi connectivity index (χ1) is 31.6. The summed E-state index contributed by atoms with van der Waals surface area (Å²) in [4.78, 5) is 37.8. The number of unbranched alkanes of at least 4 members (excludes halogenated alkanes) is 2. The molecule has 344 valence electrons. The molecule has 3 aromatic carbocycles. The number of allylic oxidation sites excluding steroid dienone is 1. The van der Waals surface area contributed by atoms with E-state index in [1.165, 1.54) is 41.3 Å². The predicted molar refractivity (Wildman–Crippen MR) is 241 cm³/mol. The van der Waals surface area contributed by atoms with E-state index in [1.54, 1.807) is 18.2 Å². The summed E-state index contributed by atoms with van der Waals surface area (Å²) in [7, 11) is 0. The maximum absolute atomic E-state index is 14.9. The van der Waals surface area contributed by atoms with Crippen LogP contribution < -0.4 is 14.2 Å². The average Bonchev–Trinajstić information content (AvgIpc) is 3.30. The lowest BCUT2D eigenvalue weighted by atomic mass is 9.55. The second-order valence-electron chi connectivity index (χ2n) is 16.6. The van der Waals surface area contributed by atoms with Gasteiger partial charge in [-0.2, -0.15) is 0 Å². The number of nitro benzene ring substituents is 1. The van der Waals surface area contributed by atoms with Gasteiger partial charge in [0.25, 0.3) is 5.69 Å². The Morgan fingerprint density at radius 1 is 1.03 bits per heavy atom. The molecule has 14 nitrogen and oxygen atoms in total. The van der Waals surface area contributed by atoms with E-state index >= 15 is 0 Å². The van der Waals surface area contributed by atoms with E-state index in [-0.39, 0.29) is 75.2 Å². The number of fused-ring (bicyclic) bond motifs is 2. The van der Waals surface area contributed by atoms with Crippen LogP contribution in [0.3, 0.4) is 0 Å². The smallest absolute Gasteiger partial charge is 0.416 e. The number of amides is 1. The summed E-state index contributed by atoms with van der Waals surface area (Å²) in [5.74, 6) is -1.83. The Bertz CT molecular complexity index is 2340. The number of non-ortho nitro benzene ring substituents is 1. The number of carbonyl (C=O) groups is 1. The number of ether oxygens (including phenoxy) is 4. The van der Waals surface area contributed by atoms with Crippen molar-refractivity contribution in [2.75, 3.05) is 26.4 Å². The molecule has 7 rings (SSSR count). The van der Waals surface area contributed by atoms with E-state index in [2.05, 4.69) is 17.6 Å². The van der Waals surface area contributed by atoms with Crippen molar-refractivity contribution in [3.05, 3.63) is 148 Å². The summed E-state index contributed by atoms with van der Waals surface area (Å²) in [6.07, 6.45) is 7.39. The van der Waals surface area contributed by atoms with Crippen molar-refractivity contribution in [1.29, 1.82) is 0 Å². The van der Waals surface area contributed by atoms with Crippen LogP contribution in [-0.4, -0.2) is 75.1 Å². The third kappa shape index (κ3) is 10.7. The molecule has 1 aromatic heterocycles. The number of aliphatic hydroxyl groups is 2. The number of benzene rings is 3. The van der Waals surface area contributed by atoms with E-state index in [0.717, 1.165) is 48.2 Å². The van der Waals surface area contributed by atoms with Crippen LogP contribution in [0.5, 0.6) is 17.2 Å². The zero-order valence-electron chi connectivity index (χ0n) is 36.9. The minimum Gasteiger partial charge on any atom is -0.487 e. The number of pyridine rings is 1. The van der Waals surface area contributed by atoms with Gasteiger partial charge in [0.05, 0.1) is 28.9 Å². The quantitative estimate of drug-likeness (QED) is 0.0353. The molecule has 0 bridgehead atoms. The summed E-state index contributed by atoms with van der Waals surface area (Å²) in [5.41, 5.74) is 4.38. The van der Waals surface area contributed by atoms with Crippen LogP contribution in [0.4, 0.5) is 14.9 Å². The number of rotatable bonds is 21. The first-order valence-electron chi connectivity index (χ1n) is 22.3. The molecule has 0 unspecified atom stereocenters. The summed E-state index contributed by atoms with van der Waals surface area (Å²) < 4.78 is 41.2. The van der Waals surface area contributed by atoms with Crippen LogP contribution in [0.1, 0.15) is 80.3 Å². The van der Waals surface area contributed by atoms with Gasteiger partial charge in [0.1, 0.15) is 42.3 Å². The average molecular weight is 893 g/mol.